The van der Waals surface area contributed by atoms with Crippen LogP contribution in [0.2, 0.25) is 5.02 Å². The van der Waals surface area contributed by atoms with E-state index in [0.717, 1.165) is 17.4 Å². The lowest BCUT2D eigenvalue weighted by Crippen LogP contribution is -2.36. The maximum absolute atomic E-state index is 6.00. The Bertz CT molecular complexity index is 349. The van der Waals surface area contributed by atoms with E-state index in [4.69, 9.17) is 11.6 Å². The van der Waals surface area contributed by atoms with Crippen LogP contribution in [0.1, 0.15) is 46.1 Å². The van der Waals surface area contributed by atoms with Crippen LogP contribution in [0.5, 0.6) is 0 Å². The van der Waals surface area contributed by atoms with Crippen LogP contribution in [-0.4, -0.2) is 12.1 Å². The van der Waals surface area contributed by atoms with E-state index < -0.39 is 0 Å². The number of rotatable bonds is 7. The summed E-state index contributed by atoms with van der Waals surface area (Å²) >= 11 is 6.00. The van der Waals surface area contributed by atoms with Gasteiger partial charge in [0.15, 0.2) is 0 Å². The molecular formula is C16H26ClN. The van der Waals surface area contributed by atoms with E-state index in [1.165, 1.54) is 18.4 Å². The van der Waals surface area contributed by atoms with E-state index in [2.05, 4.69) is 45.1 Å². The molecule has 0 heterocycles. The first-order valence-corrected chi connectivity index (χ1v) is 7.35. The van der Waals surface area contributed by atoms with E-state index in [1.807, 2.05) is 12.1 Å². The van der Waals surface area contributed by atoms with E-state index in [1.54, 1.807) is 0 Å². The first kappa shape index (κ1) is 15.5. The summed E-state index contributed by atoms with van der Waals surface area (Å²) in [6.45, 7) is 9.08. The van der Waals surface area contributed by atoms with Crippen molar-refractivity contribution in [2.45, 2.75) is 59.0 Å². The summed E-state index contributed by atoms with van der Waals surface area (Å²) in [5, 5.41) is 4.49. The Labute approximate surface area is 117 Å². The Morgan fingerprint density at radius 2 is 1.78 bits per heavy atom. The molecule has 2 unspecified atom stereocenters. The smallest absolute Gasteiger partial charge is 0.0408 e. The molecule has 1 nitrogen and oxygen atoms in total. The van der Waals surface area contributed by atoms with Crippen LogP contribution in [0.4, 0.5) is 0 Å². The molecule has 1 rings (SSSR count). The highest BCUT2D eigenvalue weighted by Gasteiger charge is 2.09. The average Bonchev–Trinajstić information content (AvgIpc) is 2.26. The predicted octanol–water partition coefficient (Wildman–Crippen LogP) is 4.69. The van der Waals surface area contributed by atoms with Gasteiger partial charge in [-0.05, 0) is 56.7 Å². The predicted molar refractivity (Wildman–Crippen MR) is 81.3 cm³/mol. The Kier molecular flexibility index (Phi) is 6.73. The fourth-order valence-electron chi connectivity index (χ4n) is 2.23. The minimum Gasteiger partial charge on any atom is -0.311 e. The van der Waals surface area contributed by atoms with Crippen molar-refractivity contribution in [3.8, 4) is 0 Å². The van der Waals surface area contributed by atoms with Gasteiger partial charge in [0.2, 0.25) is 0 Å². The zero-order valence-corrected chi connectivity index (χ0v) is 12.8. The molecule has 2 atom stereocenters. The lowest BCUT2D eigenvalue weighted by Gasteiger charge is -2.21. The van der Waals surface area contributed by atoms with Crippen molar-refractivity contribution < 1.29 is 0 Å². The van der Waals surface area contributed by atoms with Crippen LogP contribution >= 0.6 is 11.6 Å². The number of hydrogen-bond acceptors (Lipinski definition) is 1. The second-order valence-electron chi connectivity index (χ2n) is 5.77. The van der Waals surface area contributed by atoms with Crippen molar-refractivity contribution in [3.05, 3.63) is 34.9 Å². The van der Waals surface area contributed by atoms with E-state index >= 15 is 0 Å². The highest BCUT2D eigenvalue weighted by atomic mass is 35.5. The molecule has 0 amide bonds. The standard InChI is InChI=1S/C16H26ClN/c1-12(2)8-9-13(3)18-14(4)10-15-6-5-7-16(17)11-15/h5-7,11-14,18H,8-10H2,1-4H3. The Morgan fingerprint density at radius 1 is 1.06 bits per heavy atom. The molecule has 1 N–H and O–H groups in total. The molecule has 0 bridgehead atoms. The number of halogens is 1. The van der Waals surface area contributed by atoms with Crippen molar-refractivity contribution in [1.29, 1.82) is 0 Å². The maximum atomic E-state index is 6.00. The lowest BCUT2D eigenvalue weighted by atomic mass is 10.0. The third kappa shape index (κ3) is 6.42. The van der Waals surface area contributed by atoms with Crippen LogP contribution in [0.15, 0.2) is 24.3 Å². The van der Waals surface area contributed by atoms with Gasteiger partial charge in [0.1, 0.15) is 0 Å². The summed E-state index contributed by atoms with van der Waals surface area (Å²) in [7, 11) is 0. The molecule has 1 aromatic rings. The molecule has 0 fully saturated rings. The lowest BCUT2D eigenvalue weighted by molar-refractivity contribution is 0.410. The van der Waals surface area contributed by atoms with Crippen LogP contribution in [0.25, 0.3) is 0 Å². The van der Waals surface area contributed by atoms with E-state index in [0.29, 0.717) is 12.1 Å². The fraction of sp³-hybridized carbons (Fsp3) is 0.625. The summed E-state index contributed by atoms with van der Waals surface area (Å²) in [6, 6.07) is 9.22. The van der Waals surface area contributed by atoms with Crippen LogP contribution in [-0.2, 0) is 6.42 Å². The first-order chi connectivity index (χ1) is 8.47. The van der Waals surface area contributed by atoms with Gasteiger partial charge in [-0.1, -0.05) is 37.6 Å². The van der Waals surface area contributed by atoms with E-state index in [9.17, 15) is 0 Å². The van der Waals surface area contributed by atoms with Gasteiger partial charge in [0, 0.05) is 17.1 Å². The molecule has 0 radical (unpaired) electrons. The van der Waals surface area contributed by atoms with Crippen LogP contribution in [0, 0.1) is 5.92 Å². The monoisotopic (exact) mass is 267 g/mol. The molecule has 0 aliphatic rings. The van der Waals surface area contributed by atoms with Gasteiger partial charge in [-0.15, -0.1) is 0 Å². The molecule has 0 aromatic heterocycles. The number of nitrogens with one attached hydrogen (secondary N) is 1. The largest absolute Gasteiger partial charge is 0.311 e. The third-order valence-corrected chi connectivity index (χ3v) is 3.41. The maximum Gasteiger partial charge on any atom is 0.0408 e. The van der Waals surface area contributed by atoms with Crippen molar-refractivity contribution in [1.82, 2.24) is 5.32 Å². The summed E-state index contributed by atoms with van der Waals surface area (Å²) in [4.78, 5) is 0. The van der Waals surface area contributed by atoms with Crippen molar-refractivity contribution in [3.63, 3.8) is 0 Å². The molecule has 0 aliphatic carbocycles. The molecule has 0 aliphatic heterocycles. The normalized spacial score (nSPS) is 14.8. The summed E-state index contributed by atoms with van der Waals surface area (Å²) in [5.74, 6) is 0.789. The van der Waals surface area contributed by atoms with Gasteiger partial charge in [-0.2, -0.15) is 0 Å². The molecule has 0 spiro atoms. The third-order valence-electron chi connectivity index (χ3n) is 3.18. The number of benzene rings is 1. The highest BCUT2D eigenvalue weighted by molar-refractivity contribution is 6.30. The molecule has 102 valence electrons. The quantitative estimate of drug-likeness (QED) is 0.756. The van der Waals surface area contributed by atoms with Gasteiger partial charge < -0.3 is 5.32 Å². The van der Waals surface area contributed by atoms with Gasteiger partial charge in [-0.25, -0.2) is 0 Å². The molecule has 1 aromatic carbocycles. The highest BCUT2D eigenvalue weighted by Crippen LogP contribution is 2.13. The first-order valence-electron chi connectivity index (χ1n) is 6.98. The topological polar surface area (TPSA) is 12.0 Å². The second-order valence-corrected chi connectivity index (χ2v) is 6.21. The molecule has 18 heavy (non-hydrogen) atoms. The minimum atomic E-state index is 0.491. The second kappa shape index (κ2) is 7.81. The van der Waals surface area contributed by atoms with Crippen LogP contribution < -0.4 is 5.32 Å². The van der Waals surface area contributed by atoms with Crippen LogP contribution in [0.3, 0.4) is 0 Å². The van der Waals surface area contributed by atoms with Crippen molar-refractivity contribution in [2.75, 3.05) is 0 Å². The number of hydrogen-bond donors (Lipinski definition) is 1. The minimum absolute atomic E-state index is 0.491. The SMILES string of the molecule is CC(C)CCC(C)NC(C)Cc1cccc(Cl)c1. The molecule has 0 saturated carbocycles. The zero-order valence-electron chi connectivity index (χ0n) is 12.0. The van der Waals surface area contributed by atoms with Crippen molar-refractivity contribution >= 4 is 11.6 Å². The summed E-state index contributed by atoms with van der Waals surface area (Å²) in [5.41, 5.74) is 1.30. The van der Waals surface area contributed by atoms with Gasteiger partial charge >= 0.3 is 0 Å². The summed E-state index contributed by atoms with van der Waals surface area (Å²) in [6.07, 6.45) is 3.57. The van der Waals surface area contributed by atoms with Gasteiger partial charge in [-0.3, -0.25) is 0 Å². The fourth-order valence-corrected chi connectivity index (χ4v) is 2.44. The Morgan fingerprint density at radius 3 is 2.39 bits per heavy atom. The summed E-state index contributed by atoms with van der Waals surface area (Å²) < 4.78 is 0. The molecule has 0 saturated heterocycles. The van der Waals surface area contributed by atoms with Gasteiger partial charge in [0.05, 0.1) is 0 Å². The zero-order chi connectivity index (χ0) is 13.5. The van der Waals surface area contributed by atoms with Gasteiger partial charge in [0.25, 0.3) is 0 Å². The average molecular weight is 268 g/mol. The molecular weight excluding hydrogens is 242 g/mol. The molecule has 2 heteroatoms. The Hall–Kier alpha value is -0.530. The Balaban J connectivity index is 2.34. The van der Waals surface area contributed by atoms with E-state index in [-0.39, 0.29) is 0 Å². The van der Waals surface area contributed by atoms with Crippen molar-refractivity contribution in [2.24, 2.45) is 5.92 Å².